The van der Waals surface area contributed by atoms with Crippen LogP contribution in [0, 0.1) is 0 Å². The molecular weight excluding hydrogens is 214 g/mol. The molecule has 1 aliphatic rings. The second-order valence-electron chi connectivity index (χ2n) is 4.16. The van der Waals surface area contributed by atoms with Gasteiger partial charge in [-0.3, -0.25) is 5.10 Å². The van der Waals surface area contributed by atoms with Crippen molar-refractivity contribution in [2.75, 3.05) is 5.32 Å². The Bertz CT molecular complexity index is 516. The second-order valence-corrected chi connectivity index (χ2v) is 4.50. The van der Waals surface area contributed by atoms with E-state index in [1.54, 1.807) is 6.20 Å². The van der Waals surface area contributed by atoms with Crippen LogP contribution in [-0.4, -0.2) is 25.7 Å². The van der Waals surface area contributed by atoms with Gasteiger partial charge in [-0.15, -0.1) is 0 Å². The molecule has 2 N–H and O–H groups in total. The van der Waals surface area contributed by atoms with Crippen LogP contribution in [0.2, 0.25) is 5.28 Å². The first-order valence-corrected chi connectivity index (χ1v) is 5.19. The lowest BCUT2D eigenvalue weighted by Gasteiger charge is -2.12. The summed E-state index contributed by atoms with van der Waals surface area (Å²) in [5.41, 5.74) is 0.837. The van der Waals surface area contributed by atoms with Crippen molar-refractivity contribution in [3.05, 3.63) is 11.5 Å². The SMILES string of the molecule is CC1(Nc2nc(Cl)nc3[nH]ncc23)CC1. The Morgan fingerprint density at radius 1 is 1.47 bits per heavy atom. The molecule has 1 aliphatic carbocycles. The lowest BCUT2D eigenvalue weighted by atomic mass is 10.3. The predicted molar refractivity (Wildman–Crippen MR) is 58.0 cm³/mol. The Hall–Kier alpha value is -1.36. The maximum Gasteiger partial charge on any atom is 0.226 e. The lowest BCUT2D eigenvalue weighted by Crippen LogP contribution is -2.17. The van der Waals surface area contributed by atoms with Crippen molar-refractivity contribution in [1.29, 1.82) is 0 Å². The van der Waals surface area contributed by atoms with Crippen molar-refractivity contribution in [1.82, 2.24) is 20.2 Å². The van der Waals surface area contributed by atoms with Crippen LogP contribution < -0.4 is 5.32 Å². The number of H-pyrrole nitrogens is 1. The van der Waals surface area contributed by atoms with Gasteiger partial charge in [-0.05, 0) is 31.4 Å². The van der Waals surface area contributed by atoms with Crippen molar-refractivity contribution in [2.45, 2.75) is 25.3 Å². The van der Waals surface area contributed by atoms with Crippen LogP contribution in [0.3, 0.4) is 0 Å². The standard InChI is InChI=1S/C9H10ClN5/c1-9(2-3-9)14-6-5-4-11-15-7(5)13-8(10)12-6/h4H,2-3H2,1H3,(H2,11,12,13,14,15). The van der Waals surface area contributed by atoms with Crippen LogP contribution in [0.4, 0.5) is 5.82 Å². The minimum absolute atomic E-state index is 0.169. The molecule has 2 aromatic heterocycles. The first-order chi connectivity index (χ1) is 7.16. The lowest BCUT2D eigenvalue weighted by molar-refractivity contribution is 0.822. The van der Waals surface area contributed by atoms with Crippen molar-refractivity contribution in [2.24, 2.45) is 0 Å². The molecule has 0 saturated heterocycles. The molecular formula is C9H10ClN5. The van der Waals surface area contributed by atoms with E-state index in [1.165, 1.54) is 0 Å². The molecule has 3 rings (SSSR count). The third-order valence-corrected chi connectivity index (χ3v) is 2.87. The number of hydrogen-bond acceptors (Lipinski definition) is 4. The van der Waals surface area contributed by atoms with Crippen molar-refractivity contribution >= 4 is 28.5 Å². The minimum Gasteiger partial charge on any atom is -0.364 e. The summed E-state index contributed by atoms with van der Waals surface area (Å²) < 4.78 is 0. The molecule has 0 radical (unpaired) electrons. The fraction of sp³-hybridized carbons (Fsp3) is 0.444. The van der Waals surface area contributed by atoms with E-state index in [2.05, 4.69) is 32.4 Å². The molecule has 1 saturated carbocycles. The molecule has 0 atom stereocenters. The zero-order valence-electron chi connectivity index (χ0n) is 8.21. The van der Waals surface area contributed by atoms with E-state index in [9.17, 15) is 0 Å². The average Bonchev–Trinajstić information content (AvgIpc) is 2.73. The summed E-state index contributed by atoms with van der Waals surface area (Å²) in [7, 11) is 0. The number of nitrogens with one attached hydrogen (secondary N) is 2. The molecule has 0 unspecified atom stereocenters. The first-order valence-electron chi connectivity index (χ1n) is 4.81. The number of nitrogens with zero attached hydrogens (tertiary/aromatic N) is 3. The third-order valence-electron chi connectivity index (χ3n) is 2.70. The Labute approximate surface area is 91.3 Å². The van der Waals surface area contributed by atoms with E-state index in [0.717, 1.165) is 24.0 Å². The molecule has 1 fully saturated rings. The zero-order valence-corrected chi connectivity index (χ0v) is 8.97. The van der Waals surface area contributed by atoms with Gasteiger partial charge >= 0.3 is 0 Å². The number of rotatable bonds is 2. The topological polar surface area (TPSA) is 66.5 Å². The van der Waals surface area contributed by atoms with Crippen LogP contribution >= 0.6 is 11.6 Å². The molecule has 0 aliphatic heterocycles. The van der Waals surface area contributed by atoms with Crippen LogP contribution in [0.15, 0.2) is 6.20 Å². The number of aromatic amines is 1. The number of anilines is 1. The maximum absolute atomic E-state index is 5.82. The molecule has 2 heterocycles. The molecule has 2 aromatic rings. The van der Waals surface area contributed by atoms with Crippen LogP contribution in [0.25, 0.3) is 11.0 Å². The zero-order chi connectivity index (χ0) is 10.5. The Morgan fingerprint density at radius 2 is 2.27 bits per heavy atom. The average molecular weight is 224 g/mol. The van der Waals surface area contributed by atoms with Crippen molar-refractivity contribution in [3.63, 3.8) is 0 Å². The van der Waals surface area contributed by atoms with E-state index in [-0.39, 0.29) is 10.8 Å². The van der Waals surface area contributed by atoms with Gasteiger partial charge in [0.25, 0.3) is 0 Å². The highest BCUT2D eigenvalue weighted by molar-refractivity contribution is 6.28. The Balaban J connectivity index is 2.11. The van der Waals surface area contributed by atoms with Gasteiger partial charge in [0.1, 0.15) is 5.82 Å². The van der Waals surface area contributed by atoms with Gasteiger partial charge in [-0.25, -0.2) is 0 Å². The number of aromatic nitrogens is 4. The number of hydrogen-bond donors (Lipinski definition) is 2. The summed E-state index contributed by atoms with van der Waals surface area (Å²) in [6, 6.07) is 0. The van der Waals surface area contributed by atoms with E-state index in [1.807, 2.05) is 0 Å². The largest absolute Gasteiger partial charge is 0.364 e. The summed E-state index contributed by atoms with van der Waals surface area (Å²) in [5, 5.41) is 11.2. The Kier molecular flexibility index (Phi) is 1.68. The normalized spacial score (nSPS) is 18.0. The summed E-state index contributed by atoms with van der Waals surface area (Å²) in [6.45, 7) is 2.16. The van der Waals surface area contributed by atoms with Gasteiger partial charge in [-0.1, -0.05) is 0 Å². The van der Waals surface area contributed by atoms with Gasteiger partial charge in [0.15, 0.2) is 5.65 Å². The number of halogens is 1. The highest BCUT2D eigenvalue weighted by Gasteiger charge is 2.38. The maximum atomic E-state index is 5.82. The van der Waals surface area contributed by atoms with Crippen molar-refractivity contribution < 1.29 is 0 Å². The third kappa shape index (κ3) is 1.52. The highest BCUT2D eigenvalue weighted by Crippen LogP contribution is 2.38. The molecule has 5 nitrogen and oxygen atoms in total. The van der Waals surface area contributed by atoms with Gasteiger partial charge < -0.3 is 5.32 Å². The van der Waals surface area contributed by atoms with E-state index >= 15 is 0 Å². The molecule has 0 spiro atoms. The fourth-order valence-electron chi connectivity index (χ4n) is 1.50. The van der Waals surface area contributed by atoms with E-state index in [0.29, 0.717) is 5.65 Å². The predicted octanol–water partition coefficient (Wildman–Crippen LogP) is 1.97. The van der Waals surface area contributed by atoms with Gasteiger partial charge in [0.2, 0.25) is 5.28 Å². The number of fused-ring (bicyclic) bond motifs is 1. The minimum atomic E-state index is 0.169. The van der Waals surface area contributed by atoms with Crippen molar-refractivity contribution in [3.8, 4) is 0 Å². The summed E-state index contributed by atoms with van der Waals surface area (Å²) in [5.74, 6) is 0.763. The molecule has 0 amide bonds. The van der Waals surface area contributed by atoms with Crippen LogP contribution in [0.5, 0.6) is 0 Å². The molecule has 6 heteroatoms. The van der Waals surface area contributed by atoms with Gasteiger partial charge in [-0.2, -0.15) is 15.1 Å². The first kappa shape index (κ1) is 8.91. The van der Waals surface area contributed by atoms with Crippen LogP contribution in [0.1, 0.15) is 19.8 Å². The Morgan fingerprint density at radius 3 is 3.00 bits per heavy atom. The summed E-state index contributed by atoms with van der Waals surface area (Å²) in [6.07, 6.45) is 4.03. The van der Waals surface area contributed by atoms with E-state index < -0.39 is 0 Å². The smallest absolute Gasteiger partial charge is 0.226 e. The second kappa shape index (κ2) is 2.82. The van der Waals surface area contributed by atoms with Gasteiger partial charge in [0, 0.05) is 5.54 Å². The monoisotopic (exact) mass is 223 g/mol. The van der Waals surface area contributed by atoms with Crippen LogP contribution in [-0.2, 0) is 0 Å². The molecule has 78 valence electrons. The van der Waals surface area contributed by atoms with Gasteiger partial charge in [0.05, 0.1) is 11.6 Å². The molecule has 0 aromatic carbocycles. The van der Waals surface area contributed by atoms with E-state index in [4.69, 9.17) is 11.6 Å². The molecule has 0 bridgehead atoms. The quantitative estimate of drug-likeness (QED) is 0.764. The molecule has 15 heavy (non-hydrogen) atoms. The fourth-order valence-corrected chi connectivity index (χ4v) is 1.67. The highest BCUT2D eigenvalue weighted by atomic mass is 35.5. The summed E-state index contributed by atoms with van der Waals surface area (Å²) >= 11 is 5.82. The summed E-state index contributed by atoms with van der Waals surface area (Å²) in [4.78, 5) is 8.23.